The van der Waals surface area contributed by atoms with Crippen molar-refractivity contribution in [3.63, 3.8) is 0 Å². The van der Waals surface area contributed by atoms with E-state index in [-0.39, 0.29) is 11.7 Å². The minimum Gasteiger partial charge on any atom is -0.497 e. The second-order valence-electron chi connectivity index (χ2n) is 6.70. The molecule has 0 fully saturated rings. The number of halogens is 1. The van der Waals surface area contributed by atoms with Crippen molar-refractivity contribution in [3.8, 4) is 17.0 Å². The van der Waals surface area contributed by atoms with E-state index in [0.717, 1.165) is 22.1 Å². The summed E-state index contributed by atoms with van der Waals surface area (Å²) in [5.41, 5.74) is 2.33. The lowest BCUT2D eigenvalue weighted by molar-refractivity contribution is 0.0950. The van der Waals surface area contributed by atoms with Crippen LogP contribution in [0.5, 0.6) is 5.75 Å². The lowest BCUT2D eigenvalue weighted by Crippen LogP contribution is -2.23. The Bertz CT molecular complexity index is 1180. The third kappa shape index (κ3) is 3.82. The Balaban J connectivity index is 1.54. The second kappa shape index (κ2) is 7.75. The molecule has 0 saturated heterocycles. The molecule has 0 aliphatic carbocycles. The zero-order valence-electron chi connectivity index (χ0n) is 16.0. The molecule has 4 rings (SSSR count). The summed E-state index contributed by atoms with van der Waals surface area (Å²) in [5.74, 6) is 0.564. The highest BCUT2D eigenvalue weighted by Gasteiger charge is 2.21. The van der Waals surface area contributed by atoms with E-state index in [0.29, 0.717) is 29.1 Å². The Kier molecular flexibility index (Phi) is 4.99. The molecular formula is C23H19FN2O3. The van der Waals surface area contributed by atoms with Crippen molar-refractivity contribution >= 4 is 16.7 Å². The van der Waals surface area contributed by atoms with E-state index in [2.05, 4.69) is 10.5 Å². The molecule has 0 saturated carbocycles. The molecule has 0 spiro atoms. The SMILES string of the molecule is COc1ccc2cc(CNC(=O)c3c(-c4ccc(F)cc4)noc3C)ccc2c1. The zero-order valence-corrected chi connectivity index (χ0v) is 16.0. The van der Waals surface area contributed by atoms with Gasteiger partial charge in [0.15, 0.2) is 0 Å². The number of nitrogens with zero attached hydrogens (tertiary/aromatic N) is 1. The fourth-order valence-corrected chi connectivity index (χ4v) is 3.23. The minimum atomic E-state index is -0.353. The van der Waals surface area contributed by atoms with Crippen LogP contribution in [0.15, 0.2) is 65.2 Å². The molecule has 0 radical (unpaired) electrons. The fraction of sp³-hybridized carbons (Fsp3) is 0.130. The summed E-state index contributed by atoms with van der Waals surface area (Å²) in [6, 6.07) is 17.6. The van der Waals surface area contributed by atoms with Crippen LogP contribution in [0.1, 0.15) is 21.7 Å². The largest absolute Gasteiger partial charge is 0.497 e. The van der Waals surface area contributed by atoms with Gasteiger partial charge in [-0.2, -0.15) is 0 Å². The van der Waals surface area contributed by atoms with Crippen molar-refractivity contribution in [2.75, 3.05) is 7.11 Å². The van der Waals surface area contributed by atoms with Crippen LogP contribution in [0.2, 0.25) is 0 Å². The monoisotopic (exact) mass is 390 g/mol. The molecule has 1 N–H and O–H groups in total. The molecule has 5 nitrogen and oxygen atoms in total. The highest BCUT2D eigenvalue weighted by Crippen LogP contribution is 2.26. The Morgan fingerprint density at radius 1 is 1.07 bits per heavy atom. The number of rotatable bonds is 5. The molecule has 0 unspecified atom stereocenters. The number of aromatic nitrogens is 1. The molecule has 0 atom stereocenters. The number of hydrogen-bond acceptors (Lipinski definition) is 4. The Morgan fingerprint density at radius 2 is 1.79 bits per heavy atom. The lowest BCUT2D eigenvalue weighted by Gasteiger charge is -2.08. The summed E-state index contributed by atoms with van der Waals surface area (Å²) in [7, 11) is 1.64. The van der Waals surface area contributed by atoms with Crippen LogP contribution in [0.25, 0.3) is 22.0 Å². The summed E-state index contributed by atoms with van der Waals surface area (Å²) in [5, 5.41) is 9.02. The number of carbonyl (C=O) groups is 1. The van der Waals surface area contributed by atoms with E-state index in [9.17, 15) is 9.18 Å². The Morgan fingerprint density at radius 3 is 2.55 bits per heavy atom. The summed E-state index contributed by atoms with van der Waals surface area (Å²) < 4.78 is 23.7. The molecule has 29 heavy (non-hydrogen) atoms. The van der Waals surface area contributed by atoms with Crippen LogP contribution in [0.4, 0.5) is 4.39 Å². The molecule has 0 aliphatic heterocycles. The second-order valence-corrected chi connectivity index (χ2v) is 6.70. The van der Waals surface area contributed by atoms with E-state index in [4.69, 9.17) is 9.26 Å². The first-order valence-corrected chi connectivity index (χ1v) is 9.12. The van der Waals surface area contributed by atoms with Crippen molar-refractivity contribution < 1.29 is 18.4 Å². The molecule has 1 heterocycles. The highest BCUT2D eigenvalue weighted by atomic mass is 19.1. The number of carbonyl (C=O) groups excluding carboxylic acids is 1. The van der Waals surface area contributed by atoms with Gasteiger partial charge in [-0.1, -0.05) is 23.4 Å². The highest BCUT2D eigenvalue weighted by molar-refractivity contribution is 6.00. The van der Waals surface area contributed by atoms with Crippen LogP contribution in [0, 0.1) is 12.7 Å². The van der Waals surface area contributed by atoms with E-state index < -0.39 is 0 Å². The molecule has 0 aliphatic rings. The molecular weight excluding hydrogens is 371 g/mol. The van der Waals surface area contributed by atoms with E-state index >= 15 is 0 Å². The summed E-state index contributed by atoms with van der Waals surface area (Å²) in [6.07, 6.45) is 0. The first-order chi connectivity index (χ1) is 14.0. The van der Waals surface area contributed by atoms with Gasteiger partial charge >= 0.3 is 0 Å². The smallest absolute Gasteiger partial charge is 0.257 e. The van der Waals surface area contributed by atoms with Crippen molar-refractivity contribution in [3.05, 3.63) is 83.4 Å². The van der Waals surface area contributed by atoms with Gasteiger partial charge in [0.05, 0.1) is 7.11 Å². The topological polar surface area (TPSA) is 64.4 Å². The van der Waals surface area contributed by atoms with Crippen LogP contribution >= 0.6 is 0 Å². The van der Waals surface area contributed by atoms with Gasteiger partial charge in [-0.15, -0.1) is 0 Å². The van der Waals surface area contributed by atoms with E-state index in [1.807, 2.05) is 36.4 Å². The van der Waals surface area contributed by atoms with E-state index in [1.54, 1.807) is 26.2 Å². The first-order valence-electron chi connectivity index (χ1n) is 9.12. The van der Waals surface area contributed by atoms with Crippen molar-refractivity contribution in [1.29, 1.82) is 0 Å². The van der Waals surface area contributed by atoms with Crippen LogP contribution < -0.4 is 10.1 Å². The van der Waals surface area contributed by atoms with Gasteiger partial charge in [-0.25, -0.2) is 4.39 Å². The van der Waals surface area contributed by atoms with Crippen LogP contribution in [-0.4, -0.2) is 18.2 Å². The average molecular weight is 390 g/mol. The maximum atomic E-state index is 13.2. The number of nitrogens with one attached hydrogen (secondary N) is 1. The number of aryl methyl sites for hydroxylation is 1. The maximum Gasteiger partial charge on any atom is 0.257 e. The predicted molar refractivity (Wildman–Crippen MR) is 108 cm³/mol. The van der Waals surface area contributed by atoms with Crippen molar-refractivity contribution in [1.82, 2.24) is 10.5 Å². The van der Waals surface area contributed by atoms with Gasteiger partial charge < -0.3 is 14.6 Å². The standard InChI is InChI=1S/C23H19FN2O3/c1-14-21(22(26-29-14)16-5-8-19(24)9-6-16)23(27)25-13-15-3-4-18-12-20(28-2)10-7-17(18)11-15/h3-12H,13H2,1-2H3,(H,25,27). The molecule has 1 amide bonds. The van der Waals surface area contributed by atoms with E-state index in [1.165, 1.54) is 12.1 Å². The molecule has 1 aromatic heterocycles. The van der Waals surface area contributed by atoms with Crippen LogP contribution in [-0.2, 0) is 6.54 Å². The number of ether oxygens (including phenoxy) is 1. The lowest BCUT2D eigenvalue weighted by atomic mass is 10.0. The van der Waals surface area contributed by atoms with Gasteiger partial charge in [0.25, 0.3) is 5.91 Å². The Hall–Kier alpha value is -3.67. The number of hydrogen-bond donors (Lipinski definition) is 1. The number of fused-ring (bicyclic) bond motifs is 1. The average Bonchev–Trinajstić information content (AvgIpc) is 3.13. The van der Waals surface area contributed by atoms with Gasteiger partial charge in [-0.05, 0) is 65.7 Å². The fourth-order valence-electron chi connectivity index (χ4n) is 3.23. The number of amides is 1. The minimum absolute atomic E-state index is 0.294. The van der Waals surface area contributed by atoms with Gasteiger partial charge in [0.1, 0.15) is 28.6 Å². The van der Waals surface area contributed by atoms with Gasteiger partial charge in [0.2, 0.25) is 0 Å². The maximum absolute atomic E-state index is 13.2. The predicted octanol–water partition coefficient (Wildman–Crippen LogP) is 4.88. The normalized spacial score (nSPS) is 10.9. The zero-order chi connectivity index (χ0) is 20.4. The summed E-state index contributed by atoms with van der Waals surface area (Å²) >= 11 is 0. The Labute approximate surface area is 167 Å². The van der Waals surface area contributed by atoms with Crippen molar-refractivity contribution in [2.24, 2.45) is 0 Å². The number of benzene rings is 3. The van der Waals surface area contributed by atoms with Gasteiger partial charge in [0, 0.05) is 12.1 Å². The molecule has 4 aromatic rings. The molecule has 6 heteroatoms. The quantitative estimate of drug-likeness (QED) is 0.527. The van der Waals surface area contributed by atoms with Gasteiger partial charge in [-0.3, -0.25) is 4.79 Å². The summed E-state index contributed by atoms with van der Waals surface area (Å²) in [6.45, 7) is 2.03. The molecule has 0 bridgehead atoms. The first kappa shape index (κ1) is 18.7. The van der Waals surface area contributed by atoms with Crippen LogP contribution in [0.3, 0.4) is 0 Å². The third-order valence-electron chi connectivity index (χ3n) is 4.77. The number of methoxy groups -OCH3 is 1. The third-order valence-corrected chi connectivity index (χ3v) is 4.77. The molecule has 3 aromatic carbocycles. The summed E-state index contributed by atoms with van der Waals surface area (Å²) in [4.78, 5) is 12.8. The molecule has 146 valence electrons. The van der Waals surface area contributed by atoms with Crippen molar-refractivity contribution in [2.45, 2.75) is 13.5 Å².